The van der Waals surface area contributed by atoms with Gasteiger partial charge in [0.05, 0.1) is 18.4 Å². The molecule has 0 atom stereocenters. The van der Waals surface area contributed by atoms with Crippen LogP contribution < -0.4 is 9.47 Å². The highest BCUT2D eigenvalue weighted by Gasteiger charge is 2.39. The average molecular weight is 412 g/mol. The van der Waals surface area contributed by atoms with Crippen molar-refractivity contribution in [2.24, 2.45) is 4.99 Å². The SMILES string of the molecule is COc1cc2c(c3c1OC(C)(C)C3)C(c1cccc(-c3ccccc3)c1)=NC(C)(C)C2. The van der Waals surface area contributed by atoms with Gasteiger partial charge in [-0.25, -0.2) is 0 Å². The number of hydrogen-bond donors (Lipinski definition) is 0. The highest BCUT2D eigenvalue weighted by atomic mass is 16.5. The number of ether oxygens (including phenoxy) is 2. The lowest BCUT2D eigenvalue weighted by Crippen LogP contribution is -2.30. The van der Waals surface area contributed by atoms with E-state index in [4.69, 9.17) is 14.5 Å². The summed E-state index contributed by atoms with van der Waals surface area (Å²) >= 11 is 0. The molecule has 0 spiro atoms. The van der Waals surface area contributed by atoms with Gasteiger partial charge in [-0.1, -0.05) is 48.5 Å². The van der Waals surface area contributed by atoms with Crippen LogP contribution in [0.3, 0.4) is 0 Å². The fourth-order valence-electron chi connectivity index (χ4n) is 4.91. The maximum absolute atomic E-state index is 6.33. The second-order valence-corrected chi connectivity index (χ2v) is 9.86. The van der Waals surface area contributed by atoms with Gasteiger partial charge >= 0.3 is 0 Å². The zero-order valence-corrected chi connectivity index (χ0v) is 19.0. The van der Waals surface area contributed by atoms with Crippen LogP contribution in [0.15, 0.2) is 65.7 Å². The van der Waals surface area contributed by atoms with Crippen molar-refractivity contribution in [3.63, 3.8) is 0 Å². The molecule has 3 nitrogen and oxygen atoms in total. The molecule has 0 bridgehead atoms. The third-order valence-electron chi connectivity index (χ3n) is 6.14. The van der Waals surface area contributed by atoms with Gasteiger partial charge in [-0.05, 0) is 62.9 Å². The van der Waals surface area contributed by atoms with Crippen molar-refractivity contribution >= 4 is 5.71 Å². The molecule has 3 aromatic rings. The predicted molar refractivity (Wildman–Crippen MR) is 127 cm³/mol. The van der Waals surface area contributed by atoms with Crippen LogP contribution in [-0.2, 0) is 12.8 Å². The van der Waals surface area contributed by atoms with Crippen molar-refractivity contribution in [1.82, 2.24) is 0 Å². The Morgan fingerprint density at radius 1 is 0.839 bits per heavy atom. The summed E-state index contributed by atoms with van der Waals surface area (Å²) in [5, 5.41) is 0. The van der Waals surface area contributed by atoms with E-state index in [9.17, 15) is 0 Å². The van der Waals surface area contributed by atoms with Crippen LogP contribution in [0, 0.1) is 0 Å². The summed E-state index contributed by atoms with van der Waals surface area (Å²) in [5.41, 5.74) is 7.92. The summed E-state index contributed by atoms with van der Waals surface area (Å²) in [6, 6.07) is 21.4. The van der Waals surface area contributed by atoms with E-state index in [2.05, 4.69) is 88.4 Å². The van der Waals surface area contributed by atoms with E-state index in [0.717, 1.165) is 35.6 Å². The maximum Gasteiger partial charge on any atom is 0.166 e. The van der Waals surface area contributed by atoms with Crippen molar-refractivity contribution in [2.75, 3.05) is 7.11 Å². The first-order chi connectivity index (χ1) is 14.8. The standard InChI is InChI=1S/C28H29NO2/c1-27(2)16-21-15-23(30-5)26-22(17-28(3,4)31-26)24(21)25(29-27)20-13-9-12-19(14-20)18-10-7-6-8-11-18/h6-15H,16-17H2,1-5H3. The number of hydrogen-bond acceptors (Lipinski definition) is 3. The molecular formula is C28H29NO2. The lowest BCUT2D eigenvalue weighted by Gasteiger charge is -2.31. The second kappa shape index (κ2) is 6.98. The Morgan fingerprint density at radius 3 is 2.29 bits per heavy atom. The first kappa shape index (κ1) is 19.9. The van der Waals surface area contributed by atoms with Crippen molar-refractivity contribution in [3.05, 3.63) is 82.9 Å². The van der Waals surface area contributed by atoms with Crippen molar-refractivity contribution in [3.8, 4) is 22.6 Å². The molecule has 2 aliphatic rings. The van der Waals surface area contributed by atoms with E-state index in [-0.39, 0.29) is 11.1 Å². The van der Waals surface area contributed by atoms with Crippen LogP contribution in [0.5, 0.6) is 11.5 Å². The molecule has 31 heavy (non-hydrogen) atoms. The first-order valence-corrected chi connectivity index (χ1v) is 10.9. The number of methoxy groups -OCH3 is 1. The number of benzene rings is 3. The lowest BCUT2D eigenvalue weighted by atomic mass is 9.80. The Morgan fingerprint density at radius 2 is 1.55 bits per heavy atom. The van der Waals surface area contributed by atoms with Crippen molar-refractivity contribution in [1.29, 1.82) is 0 Å². The van der Waals surface area contributed by atoms with Crippen LogP contribution in [0.1, 0.15) is 49.9 Å². The third kappa shape index (κ3) is 3.52. The van der Waals surface area contributed by atoms with Crippen molar-refractivity contribution in [2.45, 2.75) is 51.7 Å². The summed E-state index contributed by atoms with van der Waals surface area (Å²) in [5.74, 6) is 1.70. The van der Waals surface area contributed by atoms with Gasteiger partial charge in [-0.2, -0.15) is 0 Å². The molecule has 3 aromatic carbocycles. The molecule has 0 N–H and O–H groups in total. The molecular weight excluding hydrogens is 382 g/mol. The average Bonchev–Trinajstić information content (AvgIpc) is 3.07. The van der Waals surface area contributed by atoms with E-state index in [1.54, 1.807) is 7.11 Å². The fraction of sp³-hybridized carbons (Fsp3) is 0.321. The van der Waals surface area contributed by atoms with Gasteiger partial charge in [0.15, 0.2) is 11.5 Å². The van der Waals surface area contributed by atoms with Crippen molar-refractivity contribution < 1.29 is 9.47 Å². The summed E-state index contributed by atoms with van der Waals surface area (Å²) in [7, 11) is 1.73. The maximum atomic E-state index is 6.33. The summed E-state index contributed by atoms with van der Waals surface area (Å²) in [6.07, 6.45) is 1.73. The minimum atomic E-state index is -0.255. The summed E-state index contributed by atoms with van der Waals surface area (Å²) < 4.78 is 12.1. The zero-order valence-electron chi connectivity index (χ0n) is 19.0. The molecule has 3 heteroatoms. The number of rotatable bonds is 3. The molecule has 0 aromatic heterocycles. The van der Waals surface area contributed by atoms with E-state index in [0.29, 0.717) is 0 Å². The monoisotopic (exact) mass is 411 g/mol. The molecule has 2 aliphatic heterocycles. The Kier molecular flexibility index (Phi) is 4.47. The van der Waals surface area contributed by atoms with Gasteiger partial charge in [0.2, 0.25) is 0 Å². The van der Waals surface area contributed by atoms with E-state index in [1.807, 2.05) is 0 Å². The molecule has 0 saturated heterocycles. The fourth-order valence-corrected chi connectivity index (χ4v) is 4.91. The van der Waals surface area contributed by atoms with Crippen LogP contribution in [-0.4, -0.2) is 24.0 Å². The number of nitrogens with zero attached hydrogens (tertiary/aromatic N) is 1. The minimum Gasteiger partial charge on any atom is -0.493 e. The molecule has 0 amide bonds. The van der Waals surface area contributed by atoms with E-state index in [1.165, 1.54) is 27.8 Å². The highest BCUT2D eigenvalue weighted by molar-refractivity contribution is 6.16. The van der Waals surface area contributed by atoms with Gasteiger partial charge in [0.25, 0.3) is 0 Å². The molecule has 158 valence electrons. The van der Waals surface area contributed by atoms with Gasteiger partial charge < -0.3 is 9.47 Å². The normalized spacial score (nSPS) is 17.9. The Balaban J connectivity index is 1.72. The predicted octanol–water partition coefficient (Wildman–Crippen LogP) is 6.25. The highest BCUT2D eigenvalue weighted by Crippen LogP contribution is 2.47. The van der Waals surface area contributed by atoms with Gasteiger partial charge in [-0.3, -0.25) is 4.99 Å². The van der Waals surface area contributed by atoms with Crippen LogP contribution in [0.25, 0.3) is 11.1 Å². The quantitative estimate of drug-likeness (QED) is 0.510. The van der Waals surface area contributed by atoms with Crippen LogP contribution in [0.2, 0.25) is 0 Å². The summed E-state index contributed by atoms with van der Waals surface area (Å²) in [6.45, 7) is 8.69. The molecule has 2 heterocycles. The largest absolute Gasteiger partial charge is 0.493 e. The van der Waals surface area contributed by atoms with Crippen LogP contribution >= 0.6 is 0 Å². The third-order valence-corrected chi connectivity index (χ3v) is 6.14. The second-order valence-electron chi connectivity index (χ2n) is 9.86. The van der Waals surface area contributed by atoms with Gasteiger partial charge in [-0.15, -0.1) is 0 Å². The minimum absolute atomic E-state index is 0.181. The molecule has 0 radical (unpaired) electrons. The van der Waals surface area contributed by atoms with Gasteiger partial charge in [0, 0.05) is 23.1 Å². The molecule has 0 fully saturated rings. The number of aliphatic imine (C=N–C) groups is 1. The zero-order chi connectivity index (χ0) is 21.8. The van der Waals surface area contributed by atoms with Gasteiger partial charge in [0.1, 0.15) is 5.60 Å². The van der Waals surface area contributed by atoms with E-state index >= 15 is 0 Å². The Labute approximate surface area is 184 Å². The van der Waals surface area contributed by atoms with Crippen LogP contribution in [0.4, 0.5) is 0 Å². The summed E-state index contributed by atoms with van der Waals surface area (Å²) in [4.78, 5) is 5.26. The first-order valence-electron chi connectivity index (χ1n) is 10.9. The molecule has 5 rings (SSSR count). The topological polar surface area (TPSA) is 30.8 Å². The molecule has 0 aliphatic carbocycles. The smallest absolute Gasteiger partial charge is 0.166 e. The lowest BCUT2D eigenvalue weighted by molar-refractivity contribution is 0.134. The molecule has 0 unspecified atom stereocenters. The Hall–Kier alpha value is -3.07. The molecule has 0 saturated carbocycles. The Bertz CT molecular complexity index is 1190. The van der Waals surface area contributed by atoms with E-state index < -0.39 is 0 Å². The number of fused-ring (bicyclic) bond motifs is 3.